The van der Waals surface area contributed by atoms with Gasteiger partial charge in [-0.15, -0.1) is 0 Å². The standard InChI is InChI=1S/C25H23N7O6S/c1-39(36,37)32-17-4-2-3-14(9-17)12-26-23(33)20-11-21(28-13-27-20)24(34)29-19-8-6-15-10-16(5-7-18(15)19)22-30-25(35)38-31-22/h2-5,7,9-11,13,19,32H,6,8,12H2,1H3,(H,26,33)(H,29,34)(H,30,31,35)/t19-/m0/s1. The van der Waals surface area contributed by atoms with Crippen LogP contribution >= 0.6 is 0 Å². The van der Waals surface area contributed by atoms with Crippen molar-refractivity contribution in [2.45, 2.75) is 25.4 Å². The van der Waals surface area contributed by atoms with Gasteiger partial charge in [0.1, 0.15) is 17.7 Å². The minimum atomic E-state index is -3.43. The van der Waals surface area contributed by atoms with Crippen molar-refractivity contribution >= 4 is 27.5 Å². The molecule has 0 aliphatic heterocycles. The van der Waals surface area contributed by atoms with E-state index >= 15 is 0 Å². The van der Waals surface area contributed by atoms with E-state index in [2.05, 4.69) is 40.0 Å². The van der Waals surface area contributed by atoms with E-state index in [1.807, 2.05) is 12.1 Å². The van der Waals surface area contributed by atoms with E-state index in [1.165, 1.54) is 6.07 Å². The van der Waals surface area contributed by atoms with Gasteiger partial charge >= 0.3 is 5.76 Å². The fraction of sp³-hybridized carbons (Fsp3) is 0.200. The Labute approximate surface area is 222 Å². The summed E-state index contributed by atoms with van der Waals surface area (Å²) in [5.41, 5.74) is 3.76. The van der Waals surface area contributed by atoms with E-state index in [4.69, 9.17) is 0 Å². The molecule has 1 atom stereocenters. The molecular formula is C25H23N7O6S. The van der Waals surface area contributed by atoms with Crippen molar-refractivity contribution in [3.8, 4) is 11.4 Å². The van der Waals surface area contributed by atoms with Gasteiger partial charge in [-0.1, -0.05) is 29.4 Å². The van der Waals surface area contributed by atoms with Gasteiger partial charge in [0.25, 0.3) is 11.8 Å². The molecule has 39 heavy (non-hydrogen) atoms. The molecule has 0 spiro atoms. The maximum atomic E-state index is 13.0. The lowest BCUT2D eigenvalue weighted by Gasteiger charge is -2.14. The first kappa shape index (κ1) is 25.8. The molecule has 0 saturated carbocycles. The van der Waals surface area contributed by atoms with E-state index in [1.54, 1.807) is 30.3 Å². The van der Waals surface area contributed by atoms with Crippen LogP contribution in [0.1, 0.15) is 50.1 Å². The number of aromatic nitrogens is 4. The zero-order valence-corrected chi connectivity index (χ0v) is 21.4. The minimum absolute atomic E-state index is 0.0126. The van der Waals surface area contributed by atoms with Crippen LogP contribution in [-0.4, -0.2) is 46.6 Å². The number of carbonyl (C=O) groups is 2. The van der Waals surface area contributed by atoms with Crippen LogP contribution in [0.25, 0.3) is 11.4 Å². The number of carbonyl (C=O) groups excluding carboxylic acids is 2. The minimum Gasteiger partial charge on any atom is -0.347 e. The summed E-state index contributed by atoms with van der Waals surface area (Å²) < 4.78 is 29.8. The van der Waals surface area contributed by atoms with Crippen LogP contribution in [0.5, 0.6) is 0 Å². The molecule has 5 rings (SSSR count). The van der Waals surface area contributed by atoms with Gasteiger partial charge in [0.05, 0.1) is 12.3 Å². The number of hydrogen-bond donors (Lipinski definition) is 4. The molecule has 2 aromatic carbocycles. The predicted molar refractivity (Wildman–Crippen MR) is 139 cm³/mol. The topological polar surface area (TPSA) is 189 Å². The van der Waals surface area contributed by atoms with Crippen LogP contribution in [0.3, 0.4) is 0 Å². The Morgan fingerprint density at radius 2 is 1.87 bits per heavy atom. The zero-order valence-electron chi connectivity index (χ0n) is 20.6. The van der Waals surface area contributed by atoms with Gasteiger partial charge in [-0.25, -0.2) is 23.2 Å². The normalized spacial score (nSPS) is 14.4. The Morgan fingerprint density at radius 1 is 1.08 bits per heavy atom. The van der Waals surface area contributed by atoms with Crippen molar-refractivity contribution in [1.29, 1.82) is 0 Å². The number of rotatable bonds is 8. The number of sulfonamides is 1. The number of H-pyrrole nitrogens is 1. The van der Waals surface area contributed by atoms with Crippen LogP contribution in [0.2, 0.25) is 0 Å². The van der Waals surface area contributed by atoms with E-state index in [-0.39, 0.29) is 24.0 Å². The third kappa shape index (κ3) is 6.18. The molecule has 0 radical (unpaired) electrons. The monoisotopic (exact) mass is 549 g/mol. The highest BCUT2D eigenvalue weighted by molar-refractivity contribution is 7.92. The summed E-state index contributed by atoms with van der Waals surface area (Å²) in [6.07, 6.45) is 3.59. The second kappa shape index (κ2) is 10.5. The third-order valence-corrected chi connectivity index (χ3v) is 6.66. The van der Waals surface area contributed by atoms with Gasteiger partial charge < -0.3 is 10.6 Å². The number of nitrogens with one attached hydrogen (secondary N) is 4. The molecule has 0 saturated heterocycles. The number of amides is 2. The van der Waals surface area contributed by atoms with E-state index in [0.29, 0.717) is 35.5 Å². The van der Waals surface area contributed by atoms with Crippen molar-refractivity contribution < 1.29 is 22.5 Å². The Balaban J connectivity index is 1.22. The maximum Gasteiger partial charge on any atom is 0.439 e. The third-order valence-electron chi connectivity index (χ3n) is 6.06. The molecule has 0 bridgehead atoms. The molecule has 14 heteroatoms. The number of anilines is 1. The van der Waals surface area contributed by atoms with Crippen LogP contribution in [-0.2, 0) is 23.0 Å². The number of aromatic amines is 1. The van der Waals surface area contributed by atoms with Gasteiger partial charge in [-0.05, 0) is 47.7 Å². The fourth-order valence-corrected chi connectivity index (χ4v) is 4.89. The average molecular weight is 550 g/mol. The molecule has 200 valence electrons. The predicted octanol–water partition coefficient (Wildman–Crippen LogP) is 1.54. The lowest BCUT2D eigenvalue weighted by atomic mass is 10.0. The van der Waals surface area contributed by atoms with Crippen LogP contribution < -0.4 is 21.1 Å². The molecule has 1 aliphatic carbocycles. The molecule has 4 aromatic rings. The first-order chi connectivity index (χ1) is 18.6. The Bertz CT molecular complexity index is 1730. The van der Waals surface area contributed by atoms with Crippen molar-refractivity contribution in [3.05, 3.63) is 93.5 Å². The lowest BCUT2D eigenvalue weighted by Crippen LogP contribution is -2.29. The number of fused-ring (bicyclic) bond motifs is 1. The molecule has 1 aliphatic rings. The van der Waals surface area contributed by atoms with E-state index < -0.39 is 27.6 Å². The SMILES string of the molecule is CS(=O)(=O)Nc1cccc(CNC(=O)c2cc(C(=O)N[C@H]3CCc4cc(-c5noc(=O)[nH]5)ccc43)ncn2)c1. The van der Waals surface area contributed by atoms with Gasteiger partial charge in [0.2, 0.25) is 10.0 Å². The van der Waals surface area contributed by atoms with Gasteiger partial charge in [-0.3, -0.25) is 23.8 Å². The van der Waals surface area contributed by atoms with Crippen LogP contribution in [0.4, 0.5) is 5.69 Å². The largest absolute Gasteiger partial charge is 0.439 e. The molecule has 2 heterocycles. The summed E-state index contributed by atoms with van der Waals surface area (Å²) in [5.74, 6) is -1.27. The first-order valence-corrected chi connectivity index (χ1v) is 13.7. The highest BCUT2D eigenvalue weighted by Gasteiger charge is 2.26. The summed E-state index contributed by atoms with van der Waals surface area (Å²) in [6.45, 7) is 0.118. The number of aryl methyl sites for hydroxylation is 1. The summed E-state index contributed by atoms with van der Waals surface area (Å²) >= 11 is 0. The number of hydrogen-bond acceptors (Lipinski definition) is 9. The van der Waals surface area contributed by atoms with Crippen molar-refractivity contribution in [2.75, 3.05) is 11.0 Å². The second-order valence-corrected chi connectivity index (χ2v) is 10.7. The van der Waals surface area contributed by atoms with Gasteiger partial charge in [0, 0.05) is 23.9 Å². The van der Waals surface area contributed by atoms with E-state index in [9.17, 15) is 22.8 Å². The Kier molecular flexibility index (Phi) is 6.94. The molecule has 4 N–H and O–H groups in total. The molecule has 13 nitrogen and oxygen atoms in total. The summed E-state index contributed by atoms with van der Waals surface area (Å²) in [7, 11) is -3.43. The Hall–Kier alpha value is -4.85. The summed E-state index contributed by atoms with van der Waals surface area (Å²) in [5, 5.41) is 9.36. The smallest absolute Gasteiger partial charge is 0.347 e. The highest BCUT2D eigenvalue weighted by atomic mass is 32.2. The molecular weight excluding hydrogens is 526 g/mol. The zero-order chi connectivity index (χ0) is 27.6. The highest BCUT2D eigenvalue weighted by Crippen LogP contribution is 2.33. The van der Waals surface area contributed by atoms with Gasteiger partial charge in [-0.2, -0.15) is 0 Å². The maximum absolute atomic E-state index is 13.0. The summed E-state index contributed by atoms with van der Waals surface area (Å²) in [4.78, 5) is 47.4. The van der Waals surface area contributed by atoms with Gasteiger partial charge in [0.15, 0.2) is 5.82 Å². The van der Waals surface area contributed by atoms with Crippen molar-refractivity contribution in [2.24, 2.45) is 0 Å². The number of benzene rings is 2. The van der Waals surface area contributed by atoms with Crippen molar-refractivity contribution in [1.82, 2.24) is 30.7 Å². The molecule has 2 amide bonds. The van der Waals surface area contributed by atoms with Crippen LogP contribution in [0, 0.1) is 0 Å². The number of nitrogens with zero attached hydrogens (tertiary/aromatic N) is 3. The second-order valence-electron chi connectivity index (χ2n) is 8.97. The lowest BCUT2D eigenvalue weighted by molar-refractivity contribution is 0.0931. The first-order valence-electron chi connectivity index (χ1n) is 11.8. The van der Waals surface area contributed by atoms with E-state index in [0.717, 1.165) is 23.7 Å². The molecule has 0 unspecified atom stereocenters. The fourth-order valence-electron chi connectivity index (χ4n) is 4.34. The molecule has 2 aromatic heterocycles. The Morgan fingerprint density at radius 3 is 2.62 bits per heavy atom. The van der Waals surface area contributed by atoms with Crippen LogP contribution in [0.15, 0.2) is 64.2 Å². The van der Waals surface area contributed by atoms with Crippen molar-refractivity contribution in [3.63, 3.8) is 0 Å². The quantitative estimate of drug-likeness (QED) is 0.253. The summed E-state index contributed by atoms with van der Waals surface area (Å²) in [6, 6.07) is 13.2. The molecule has 0 fully saturated rings. The average Bonchev–Trinajstić information content (AvgIpc) is 3.52.